The van der Waals surface area contributed by atoms with Crippen molar-refractivity contribution < 1.29 is 13.6 Å². The van der Waals surface area contributed by atoms with E-state index in [-0.39, 0.29) is 23.6 Å². The average molecular weight is 323 g/mol. The number of nitrogens with zero attached hydrogens (tertiary/aromatic N) is 1. The topological polar surface area (TPSA) is 63.7 Å². The van der Waals surface area contributed by atoms with Gasteiger partial charge in [0.25, 0.3) is 5.91 Å². The number of amides is 1. The lowest BCUT2D eigenvalue weighted by Gasteiger charge is -2.27. The number of hydrogen-bond acceptors (Lipinski definition) is 4. The summed E-state index contributed by atoms with van der Waals surface area (Å²) in [4.78, 5) is 27.1. The molecule has 1 aliphatic rings. The van der Waals surface area contributed by atoms with Gasteiger partial charge in [0.15, 0.2) is 0 Å². The summed E-state index contributed by atoms with van der Waals surface area (Å²) in [5, 5.41) is 0.738. The first-order chi connectivity index (χ1) is 11.6. The van der Waals surface area contributed by atoms with Gasteiger partial charge >= 0.3 is 5.63 Å². The van der Waals surface area contributed by atoms with Gasteiger partial charge in [-0.05, 0) is 44.0 Å². The Morgan fingerprint density at radius 1 is 1.21 bits per heavy atom. The molecule has 3 aromatic rings. The number of rotatable bonds is 4. The van der Waals surface area contributed by atoms with E-state index in [1.54, 1.807) is 35.4 Å². The van der Waals surface area contributed by atoms with Gasteiger partial charge in [-0.1, -0.05) is 18.2 Å². The van der Waals surface area contributed by atoms with Gasteiger partial charge in [0.05, 0.1) is 12.3 Å². The molecule has 4 rings (SSSR count). The van der Waals surface area contributed by atoms with E-state index in [1.165, 1.54) is 0 Å². The molecule has 1 unspecified atom stereocenters. The molecule has 0 saturated heterocycles. The van der Waals surface area contributed by atoms with Crippen LogP contribution in [0.2, 0.25) is 0 Å². The molecule has 0 bridgehead atoms. The minimum Gasteiger partial charge on any atom is -0.467 e. The van der Waals surface area contributed by atoms with Gasteiger partial charge in [-0.25, -0.2) is 4.79 Å². The van der Waals surface area contributed by atoms with E-state index in [1.807, 2.05) is 25.1 Å². The summed E-state index contributed by atoms with van der Waals surface area (Å²) < 4.78 is 10.8. The van der Waals surface area contributed by atoms with E-state index in [0.29, 0.717) is 11.3 Å². The molecule has 0 spiro atoms. The van der Waals surface area contributed by atoms with Crippen molar-refractivity contribution in [3.05, 3.63) is 70.5 Å². The minimum absolute atomic E-state index is 0.0685. The maximum Gasteiger partial charge on any atom is 0.349 e. The molecule has 2 heterocycles. The predicted molar refractivity (Wildman–Crippen MR) is 88.8 cm³/mol. The molecule has 1 saturated carbocycles. The highest BCUT2D eigenvalue weighted by atomic mass is 16.4. The van der Waals surface area contributed by atoms with Crippen molar-refractivity contribution in [3.8, 4) is 0 Å². The molecule has 0 N–H and O–H groups in total. The molecule has 2 aromatic heterocycles. The van der Waals surface area contributed by atoms with E-state index >= 15 is 0 Å². The van der Waals surface area contributed by atoms with Crippen molar-refractivity contribution in [2.45, 2.75) is 31.8 Å². The average Bonchev–Trinajstić information content (AvgIpc) is 3.25. The first-order valence-corrected chi connectivity index (χ1v) is 8.04. The van der Waals surface area contributed by atoms with E-state index in [4.69, 9.17) is 8.83 Å². The van der Waals surface area contributed by atoms with Crippen LogP contribution in [0.5, 0.6) is 0 Å². The summed E-state index contributed by atoms with van der Waals surface area (Å²) in [6.45, 7) is 1.91. The Hall–Kier alpha value is -2.82. The minimum atomic E-state index is -0.601. The molecule has 1 aliphatic carbocycles. The number of furan rings is 1. The van der Waals surface area contributed by atoms with E-state index in [2.05, 4.69) is 0 Å². The van der Waals surface area contributed by atoms with Gasteiger partial charge in [0, 0.05) is 11.4 Å². The summed E-state index contributed by atoms with van der Waals surface area (Å²) in [7, 11) is 0. The molecule has 0 aliphatic heterocycles. The van der Waals surface area contributed by atoms with Crippen LogP contribution in [-0.4, -0.2) is 16.8 Å². The standard InChI is InChI=1S/C19H17NO4/c1-12(16-7-4-10-23-16)20(14-8-9-14)18(21)15-11-13-5-2-3-6-17(13)24-19(15)22/h2-7,10-12,14H,8-9H2,1H3. The third-order valence-corrected chi connectivity index (χ3v) is 4.42. The molecule has 122 valence electrons. The van der Waals surface area contributed by atoms with Crippen LogP contribution < -0.4 is 5.63 Å². The molecule has 24 heavy (non-hydrogen) atoms. The van der Waals surface area contributed by atoms with Crippen molar-refractivity contribution in [1.29, 1.82) is 0 Å². The fourth-order valence-corrected chi connectivity index (χ4v) is 3.03. The van der Waals surface area contributed by atoms with Crippen molar-refractivity contribution >= 4 is 16.9 Å². The SMILES string of the molecule is CC(c1ccco1)N(C(=O)c1cc2ccccc2oc1=O)C1CC1. The number of fused-ring (bicyclic) bond motifs is 1. The number of para-hydroxylation sites is 1. The first kappa shape index (κ1) is 14.8. The molecule has 1 fully saturated rings. The zero-order chi connectivity index (χ0) is 16.7. The highest BCUT2D eigenvalue weighted by Gasteiger charge is 2.38. The van der Waals surface area contributed by atoms with Crippen molar-refractivity contribution in [1.82, 2.24) is 4.90 Å². The van der Waals surface area contributed by atoms with Gasteiger partial charge in [-0.2, -0.15) is 0 Å². The van der Waals surface area contributed by atoms with E-state index < -0.39 is 5.63 Å². The first-order valence-electron chi connectivity index (χ1n) is 8.04. The molecule has 1 atom stereocenters. The second-order valence-electron chi connectivity index (χ2n) is 6.12. The fraction of sp³-hybridized carbons (Fsp3) is 0.263. The smallest absolute Gasteiger partial charge is 0.349 e. The van der Waals surface area contributed by atoms with Crippen LogP contribution in [0.25, 0.3) is 11.0 Å². The Morgan fingerprint density at radius 2 is 2.00 bits per heavy atom. The van der Waals surface area contributed by atoms with Gasteiger partial charge in [0.1, 0.15) is 16.9 Å². The summed E-state index contributed by atoms with van der Waals surface area (Å²) in [6.07, 6.45) is 3.47. The summed E-state index contributed by atoms with van der Waals surface area (Å²) in [5.74, 6) is 0.404. The Balaban J connectivity index is 1.75. The Kier molecular flexibility index (Phi) is 3.49. The highest BCUT2D eigenvalue weighted by molar-refractivity contribution is 5.97. The number of carbonyl (C=O) groups is 1. The summed E-state index contributed by atoms with van der Waals surface area (Å²) in [5.41, 5.74) is -0.0499. The van der Waals surface area contributed by atoms with Gasteiger partial charge in [-0.3, -0.25) is 4.79 Å². The zero-order valence-electron chi connectivity index (χ0n) is 13.3. The third-order valence-electron chi connectivity index (χ3n) is 4.42. The zero-order valence-corrected chi connectivity index (χ0v) is 13.3. The van der Waals surface area contributed by atoms with Crippen molar-refractivity contribution in [2.24, 2.45) is 0 Å². The van der Waals surface area contributed by atoms with Crippen LogP contribution in [-0.2, 0) is 0 Å². The molecule has 0 radical (unpaired) electrons. The molecule has 5 nitrogen and oxygen atoms in total. The molecule has 1 aromatic carbocycles. The van der Waals surface area contributed by atoms with Crippen molar-refractivity contribution in [2.75, 3.05) is 0 Å². The van der Waals surface area contributed by atoms with Crippen LogP contribution in [0.3, 0.4) is 0 Å². The van der Waals surface area contributed by atoms with Crippen LogP contribution >= 0.6 is 0 Å². The van der Waals surface area contributed by atoms with Gasteiger partial charge < -0.3 is 13.7 Å². The lowest BCUT2D eigenvalue weighted by Crippen LogP contribution is -2.37. The fourth-order valence-electron chi connectivity index (χ4n) is 3.03. The van der Waals surface area contributed by atoms with Crippen LogP contribution in [0, 0.1) is 0 Å². The molecule has 1 amide bonds. The monoisotopic (exact) mass is 323 g/mol. The Morgan fingerprint density at radius 3 is 2.71 bits per heavy atom. The Labute approximate surface area is 138 Å². The lowest BCUT2D eigenvalue weighted by molar-refractivity contribution is 0.0648. The largest absolute Gasteiger partial charge is 0.467 e. The van der Waals surface area contributed by atoms with Crippen LogP contribution in [0.1, 0.15) is 41.9 Å². The van der Waals surface area contributed by atoms with E-state index in [9.17, 15) is 9.59 Å². The number of carbonyl (C=O) groups excluding carboxylic acids is 1. The lowest BCUT2D eigenvalue weighted by atomic mass is 10.1. The number of benzene rings is 1. The van der Waals surface area contributed by atoms with Gasteiger partial charge in [0.2, 0.25) is 0 Å². The molecular weight excluding hydrogens is 306 g/mol. The van der Waals surface area contributed by atoms with Gasteiger partial charge in [-0.15, -0.1) is 0 Å². The Bertz CT molecular complexity index is 937. The van der Waals surface area contributed by atoms with Crippen LogP contribution in [0.4, 0.5) is 0 Å². The van der Waals surface area contributed by atoms with Crippen LogP contribution in [0.15, 0.2) is 62.4 Å². The van der Waals surface area contributed by atoms with E-state index in [0.717, 1.165) is 18.2 Å². The normalized spacial score (nSPS) is 15.4. The van der Waals surface area contributed by atoms with Crippen molar-refractivity contribution in [3.63, 3.8) is 0 Å². The maximum absolute atomic E-state index is 13.1. The second kappa shape index (κ2) is 5.67. The predicted octanol–water partition coefficient (Wildman–Crippen LogP) is 3.75. The third kappa shape index (κ3) is 2.52. The summed E-state index contributed by atoms with van der Waals surface area (Å²) >= 11 is 0. The molecule has 5 heteroatoms. The number of hydrogen-bond donors (Lipinski definition) is 0. The summed E-state index contributed by atoms with van der Waals surface area (Å²) in [6, 6.07) is 12.4. The maximum atomic E-state index is 13.1. The second-order valence-corrected chi connectivity index (χ2v) is 6.12. The molecular formula is C19H17NO4. The quantitative estimate of drug-likeness (QED) is 0.686. The highest BCUT2D eigenvalue weighted by Crippen LogP contribution is 2.35.